The molecule has 2 fully saturated rings. The largest absolute Gasteiger partial charge is 0.350 e. The molecular formula is C31H44N4O3S. The van der Waals surface area contributed by atoms with E-state index in [1.54, 1.807) is 16.2 Å². The molecule has 1 aromatic carbocycles. The fourth-order valence-corrected chi connectivity index (χ4v) is 6.63. The van der Waals surface area contributed by atoms with Gasteiger partial charge in [-0.05, 0) is 48.6 Å². The number of amides is 3. The number of carbonyl (C=O) groups is 3. The number of benzene rings is 1. The second-order valence-corrected chi connectivity index (χ2v) is 13.1. The lowest BCUT2D eigenvalue weighted by atomic mass is 9.84. The van der Waals surface area contributed by atoms with Crippen LogP contribution in [0.3, 0.4) is 0 Å². The van der Waals surface area contributed by atoms with Crippen LogP contribution in [0.4, 0.5) is 0 Å². The van der Waals surface area contributed by atoms with Gasteiger partial charge >= 0.3 is 0 Å². The van der Waals surface area contributed by atoms with E-state index in [2.05, 4.69) is 27.8 Å². The third kappa shape index (κ3) is 7.68. The molecule has 1 aliphatic carbocycles. The fourth-order valence-electron chi connectivity index (χ4n) is 5.82. The number of likely N-dealkylation sites (tertiary alicyclic amines) is 1. The Kier molecular flexibility index (Phi) is 9.81. The first kappa shape index (κ1) is 29.2. The molecule has 2 unspecified atom stereocenters. The fraction of sp³-hybridized carbons (Fsp3) is 0.613. The van der Waals surface area contributed by atoms with Gasteiger partial charge < -0.3 is 15.5 Å². The molecule has 1 aromatic heterocycles. The maximum Gasteiger partial charge on any atom is 0.246 e. The van der Waals surface area contributed by atoms with E-state index in [9.17, 15) is 14.4 Å². The second kappa shape index (κ2) is 13.1. The zero-order valence-electron chi connectivity index (χ0n) is 23.9. The number of hydrogen-bond donors (Lipinski definition) is 2. The van der Waals surface area contributed by atoms with E-state index < -0.39 is 17.5 Å². The van der Waals surface area contributed by atoms with E-state index in [-0.39, 0.29) is 17.7 Å². The molecule has 1 saturated carbocycles. The zero-order chi connectivity index (χ0) is 28.0. The lowest BCUT2D eigenvalue weighted by Crippen LogP contribution is -2.57. The molecular weight excluding hydrogens is 508 g/mol. The van der Waals surface area contributed by atoms with E-state index in [0.717, 1.165) is 34.5 Å². The van der Waals surface area contributed by atoms with Gasteiger partial charge in [-0.25, -0.2) is 4.98 Å². The van der Waals surface area contributed by atoms with Crippen LogP contribution in [0.15, 0.2) is 29.8 Å². The van der Waals surface area contributed by atoms with Crippen LogP contribution in [0.2, 0.25) is 0 Å². The molecule has 2 atom stereocenters. The van der Waals surface area contributed by atoms with Gasteiger partial charge in [-0.15, -0.1) is 11.3 Å². The van der Waals surface area contributed by atoms with Gasteiger partial charge in [0.15, 0.2) is 0 Å². The molecule has 7 nitrogen and oxygen atoms in total. The lowest BCUT2D eigenvalue weighted by Gasteiger charge is -2.35. The van der Waals surface area contributed by atoms with Crippen LogP contribution in [-0.4, -0.2) is 46.2 Å². The third-order valence-corrected chi connectivity index (χ3v) is 9.17. The number of carbonyl (C=O) groups excluding carboxylic acids is 3. The van der Waals surface area contributed by atoms with Gasteiger partial charge in [-0.1, -0.05) is 77.1 Å². The topological polar surface area (TPSA) is 91.4 Å². The lowest BCUT2D eigenvalue weighted by molar-refractivity contribution is -0.144. The van der Waals surface area contributed by atoms with Crippen molar-refractivity contribution in [3.8, 4) is 10.4 Å². The maximum absolute atomic E-state index is 13.7. The van der Waals surface area contributed by atoms with E-state index in [1.807, 2.05) is 45.3 Å². The summed E-state index contributed by atoms with van der Waals surface area (Å²) < 4.78 is 0. The highest BCUT2D eigenvalue weighted by Gasteiger charge is 2.41. The van der Waals surface area contributed by atoms with Crippen molar-refractivity contribution in [2.45, 2.75) is 104 Å². The summed E-state index contributed by atoms with van der Waals surface area (Å²) in [5.41, 5.74) is 4.52. The molecule has 2 aliphatic rings. The molecule has 1 saturated heterocycles. The highest BCUT2D eigenvalue weighted by atomic mass is 32.1. The summed E-state index contributed by atoms with van der Waals surface area (Å²) in [6, 6.07) is 6.97. The normalized spacial score (nSPS) is 19.1. The average molecular weight is 553 g/mol. The predicted octanol–water partition coefficient (Wildman–Crippen LogP) is 5.62. The summed E-state index contributed by atoms with van der Waals surface area (Å²) in [5, 5.41) is 6.08. The monoisotopic (exact) mass is 552 g/mol. The highest BCUT2D eigenvalue weighted by molar-refractivity contribution is 7.13. The van der Waals surface area contributed by atoms with Gasteiger partial charge in [0.05, 0.1) is 16.1 Å². The quantitative estimate of drug-likeness (QED) is 0.423. The number of hydrogen-bond acceptors (Lipinski definition) is 5. The van der Waals surface area contributed by atoms with Crippen LogP contribution in [0.5, 0.6) is 0 Å². The van der Waals surface area contributed by atoms with Gasteiger partial charge in [0.2, 0.25) is 17.7 Å². The number of rotatable bonds is 9. The van der Waals surface area contributed by atoms with Crippen LogP contribution < -0.4 is 10.6 Å². The van der Waals surface area contributed by atoms with Crippen molar-refractivity contribution < 1.29 is 14.4 Å². The van der Waals surface area contributed by atoms with E-state index in [0.29, 0.717) is 31.8 Å². The van der Waals surface area contributed by atoms with Crippen molar-refractivity contribution in [2.24, 2.45) is 11.3 Å². The first-order valence-electron chi connectivity index (χ1n) is 14.5. The number of nitrogens with zero attached hydrogens (tertiary/aromatic N) is 2. The third-order valence-electron chi connectivity index (χ3n) is 8.19. The van der Waals surface area contributed by atoms with E-state index in [4.69, 9.17) is 0 Å². The summed E-state index contributed by atoms with van der Waals surface area (Å²) in [4.78, 5) is 47.0. The average Bonchev–Trinajstić information content (AvgIpc) is 3.58. The number of aromatic nitrogens is 1. The molecule has 0 bridgehead atoms. The van der Waals surface area contributed by atoms with Gasteiger partial charge in [-0.2, -0.15) is 0 Å². The number of nitrogens with one attached hydrogen (secondary N) is 2. The standard InChI is InChI=1S/C31H44N4O3S/c1-21-27(39-20-33-21)24-15-12-23(13-16-24)19-32-29(37)25-11-8-18-35(25)30(38)28(31(2,3)4)34-26(36)17-14-22-9-6-5-7-10-22/h12-13,15-16,20,22,25,28H,5-11,14,17-19H2,1-4H3,(H,32,37)(H,34,36). The predicted molar refractivity (Wildman–Crippen MR) is 156 cm³/mol. The summed E-state index contributed by atoms with van der Waals surface area (Å²) >= 11 is 1.62. The Hall–Kier alpha value is -2.74. The van der Waals surface area contributed by atoms with Gasteiger partial charge in [-0.3, -0.25) is 14.4 Å². The van der Waals surface area contributed by atoms with Crippen molar-refractivity contribution in [1.29, 1.82) is 0 Å². The Morgan fingerprint density at radius 2 is 1.77 bits per heavy atom. The molecule has 2 heterocycles. The van der Waals surface area contributed by atoms with Crippen molar-refractivity contribution in [1.82, 2.24) is 20.5 Å². The first-order chi connectivity index (χ1) is 18.6. The molecule has 1 aliphatic heterocycles. The molecule has 0 spiro atoms. The van der Waals surface area contributed by atoms with Gasteiger partial charge in [0.25, 0.3) is 0 Å². The summed E-state index contributed by atoms with van der Waals surface area (Å²) in [7, 11) is 0. The Labute approximate surface area is 237 Å². The van der Waals surface area contributed by atoms with Crippen molar-refractivity contribution in [2.75, 3.05) is 6.54 Å². The number of aryl methyl sites for hydroxylation is 1. The van der Waals surface area contributed by atoms with Crippen LogP contribution in [0.25, 0.3) is 10.4 Å². The molecule has 0 radical (unpaired) electrons. The second-order valence-electron chi connectivity index (χ2n) is 12.3. The maximum atomic E-state index is 13.7. The van der Waals surface area contributed by atoms with Gasteiger partial charge in [0.1, 0.15) is 12.1 Å². The van der Waals surface area contributed by atoms with Crippen LogP contribution in [0.1, 0.15) is 89.8 Å². The minimum atomic E-state index is -0.660. The Morgan fingerprint density at radius 1 is 1.05 bits per heavy atom. The van der Waals surface area contributed by atoms with E-state index >= 15 is 0 Å². The molecule has 3 amide bonds. The van der Waals surface area contributed by atoms with Crippen molar-refractivity contribution >= 4 is 29.1 Å². The van der Waals surface area contributed by atoms with Crippen molar-refractivity contribution in [3.05, 3.63) is 41.0 Å². The van der Waals surface area contributed by atoms with Crippen LogP contribution in [-0.2, 0) is 20.9 Å². The summed E-state index contributed by atoms with van der Waals surface area (Å²) in [6.07, 6.45) is 8.97. The molecule has 4 rings (SSSR count). The molecule has 39 heavy (non-hydrogen) atoms. The smallest absolute Gasteiger partial charge is 0.246 e. The summed E-state index contributed by atoms with van der Waals surface area (Å²) in [6.45, 7) is 8.85. The zero-order valence-corrected chi connectivity index (χ0v) is 24.7. The minimum Gasteiger partial charge on any atom is -0.350 e. The Bertz CT molecular complexity index is 1130. The molecule has 2 aromatic rings. The van der Waals surface area contributed by atoms with Crippen LogP contribution >= 0.6 is 11.3 Å². The number of thiazole rings is 1. The van der Waals surface area contributed by atoms with Crippen molar-refractivity contribution in [3.63, 3.8) is 0 Å². The van der Waals surface area contributed by atoms with E-state index in [1.165, 1.54) is 32.1 Å². The SMILES string of the molecule is Cc1ncsc1-c1ccc(CNC(=O)C2CCCN2C(=O)C(NC(=O)CCC2CCCCC2)C(C)(C)C)cc1. The molecule has 2 N–H and O–H groups in total. The molecule has 212 valence electrons. The summed E-state index contributed by atoms with van der Waals surface area (Å²) in [5.74, 6) is 0.258. The Balaban J connectivity index is 1.33. The van der Waals surface area contributed by atoms with Crippen LogP contribution in [0, 0.1) is 18.3 Å². The highest BCUT2D eigenvalue weighted by Crippen LogP contribution is 2.29. The van der Waals surface area contributed by atoms with Gasteiger partial charge in [0, 0.05) is 19.5 Å². The molecule has 8 heteroatoms. The minimum absolute atomic E-state index is 0.0639. The Morgan fingerprint density at radius 3 is 2.41 bits per heavy atom. The first-order valence-corrected chi connectivity index (χ1v) is 15.4.